The number of hydrogen-bond acceptors (Lipinski definition) is 0. The molecule has 0 aliphatic rings. The molecule has 0 fully saturated rings. The fourth-order valence-corrected chi connectivity index (χ4v) is 1.80. The first kappa shape index (κ1) is 17.2. The number of rotatable bonds is 1. The van der Waals surface area contributed by atoms with Crippen LogP contribution in [0.4, 0.5) is 0 Å². The average Bonchev–Trinajstić information content (AvgIpc) is 2.51. The zero-order valence-electron chi connectivity index (χ0n) is 12.9. The number of hydrogen-bond donors (Lipinski definition) is 0. The minimum absolute atomic E-state index is 1.23. The van der Waals surface area contributed by atoms with Crippen LogP contribution < -0.4 is 10.4 Å². The Balaban J connectivity index is 0.000000741. The maximum Gasteiger partial charge on any atom is -0.0178 e. The van der Waals surface area contributed by atoms with Crippen molar-refractivity contribution in [1.29, 1.82) is 0 Å². The summed E-state index contributed by atoms with van der Waals surface area (Å²) in [6.45, 7) is 13.8. The maximum absolute atomic E-state index is 3.74. The summed E-state index contributed by atoms with van der Waals surface area (Å²) >= 11 is 0. The molecule has 0 aromatic heterocycles. The van der Waals surface area contributed by atoms with E-state index in [1.807, 2.05) is 39.8 Å². The lowest BCUT2D eigenvalue weighted by atomic mass is 10.1. The third-order valence-electron chi connectivity index (χ3n) is 2.56. The SMILES string of the molecule is C=C/C=c1/cc2ccccc2c/c1=C/C.CC.CC. The van der Waals surface area contributed by atoms with E-state index in [1.165, 1.54) is 21.2 Å². The first-order chi connectivity index (χ1) is 9.35. The fraction of sp³-hybridized carbons (Fsp3) is 0.263. The molecule has 0 bridgehead atoms. The highest BCUT2D eigenvalue weighted by molar-refractivity contribution is 5.82. The molecule has 0 heterocycles. The van der Waals surface area contributed by atoms with Gasteiger partial charge in [0.15, 0.2) is 0 Å². The lowest BCUT2D eigenvalue weighted by Gasteiger charge is -1.97. The van der Waals surface area contributed by atoms with Crippen LogP contribution in [0.25, 0.3) is 22.9 Å². The summed E-state index contributed by atoms with van der Waals surface area (Å²) in [6.07, 6.45) is 6.00. The highest BCUT2D eigenvalue weighted by Gasteiger charge is 1.91. The van der Waals surface area contributed by atoms with Crippen molar-refractivity contribution in [2.45, 2.75) is 34.6 Å². The number of allylic oxidation sites excluding steroid dienone is 1. The molecule has 0 aliphatic carbocycles. The molecule has 0 atom stereocenters. The van der Waals surface area contributed by atoms with Crippen molar-refractivity contribution < 1.29 is 0 Å². The smallest absolute Gasteiger partial charge is 0.0178 e. The van der Waals surface area contributed by atoms with E-state index in [0.717, 1.165) is 0 Å². The highest BCUT2D eigenvalue weighted by atomic mass is 14.0. The van der Waals surface area contributed by atoms with Crippen LogP contribution in [0.15, 0.2) is 49.1 Å². The molecule has 102 valence electrons. The van der Waals surface area contributed by atoms with Gasteiger partial charge in [-0.1, -0.05) is 76.8 Å². The highest BCUT2D eigenvalue weighted by Crippen LogP contribution is 2.07. The van der Waals surface area contributed by atoms with Gasteiger partial charge in [-0.25, -0.2) is 0 Å². The van der Waals surface area contributed by atoms with Gasteiger partial charge in [-0.3, -0.25) is 0 Å². The normalized spacial score (nSPS) is 11.2. The molecule has 0 aliphatic heterocycles. The second-order valence-electron chi connectivity index (χ2n) is 3.52. The van der Waals surface area contributed by atoms with Gasteiger partial charge < -0.3 is 0 Å². The van der Waals surface area contributed by atoms with Gasteiger partial charge in [0.25, 0.3) is 0 Å². The Morgan fingerprint density at radius 3 is 1.74 bits per heavy atom. The van der Waals surface area contributed by atoms with E-state index >= 15 is 0 Å². The zero-order chi connectivity index (χ0) is 14.7. The summed E-state index contributed by atoms with van der Waals surface area (Å²) < 4.78 is 0. The molecule has 0 N–H and O–H groups in total. The van der Waals surface area contributed by atoms with Crippen LogP contribution in [-0.4, -0.2) is 0 Å². The first-order valence-electron chi connectivity index (χ1n) is 7.13. The predicted octanol–water partition coefficient (Wildman–Crippen LogP) is 4.66. The summed E-state index contributed by atoms with van der Waals surface area (Å²) in [4.78, 5) is 0. The van der Waals surface area contributed by atoms with Gasteiger partial charge in [0, 0.05) is 0 Å². The van der Waals surface area contributed by atoms with E-state index < -0.39 is 0 Å². The number of benzene rings is 2. The van der Waals surface area contributed by atoms with Crippen LogP contribution in [-0.2, 0) is 0 Å². The van der Waals surface area contributed by atoms with E-state index in [4.69, 9.17) is 0 Å². The molecular weight excluding hydrogens is 228 g/mol. The Labute approximate surface area is 117 Å². The average molecular weight is 254 g/mol. The van der Waals surface area contributed by atoms with Crippen molar-refractivity contribution in [2.75, 3.05) is 0 Å². The van der Waals surface area contributed by atoms with Crippen LogP contribution in [0.1, 0.15) is 34.6 Å². The van der Waals surface area contributed by atoms with Crippen LogP contribution in [0.3, 0.4) is 0 Å². The van der Waals surface area contributed by atoms with Crippen LogP contribution in [0.5, 0.6) is 0 Å². The van der Waals surface area contributed by atoms with Crippen molar-refractivity contribution in [3.63, 3.8) is 0 Å². The van der Waals surface area contributed by atoms with E-state index in [9.17, 15) is 0 Å². The standard InChI is InChI=1S/C15H14.2C2H6/c1-3-7-13-11-15-9-6-5-8-14(15)10-12(13)4-2;2*1-2/h3-11H,1H2,2H3;2*1-2H3/b12-4-,13-7-;;. The van der Waals surface area contributed by atoms with Gasteiger partial charge in [-0.2, -0.15) is 0 Å². The van der Waals surface area contributed by atoms with Gasteiger partial charge in [0.05, 0.1) is 0 Å². The van der Waals surface area contributed by atoms with Gasteiger partial charge in [-0.15, -0.1) is 0 Å². The lowest BCUT2D eigenvalue weighted by Crippen LogP contribution is -2.23. The molecule has 2 aromatic rings. The monoisotopic (exact) mass is 254 g/mol. The molecule has 0 heteroatoms. The molecule has 0 unspecified atom stereocenters. The molecular formula is C19H26. The van der Waals surface area contributed by atoms with Crippen molar-refractivity contribution in [1.82, 2.24) is 0 Å². The van der Waals surface area contributed by atoms with Gasteiger partial charge >= 0.3 is 0 Å². The van der Waals surface area contributed by atoms with Crippen LogP contribution >= 0.6 is 0 Å². The Bertz CT molecular complexity index is 603. The summed E-state index contributed by atoms with van der Waals surface area (Å²) in [5, 5.41) is 5.04. The van der Waals surface area contributed by atoms with Crippen molar-refractivity contribution in [3.05, 3.63) is 59.5 Å². The van der Waals surface area contributed by atoms with E-state index in [-0.39, 0.29) is 0 Å². The number of fused-ring (bicyclic) bond motifs is 1. The molecule has 19 heavy (non-hydrogen) atoms. The fourth-order valence-electron chi connectivity index (χ4n) is 1.80. The van der Waals surface area contributed by atoms with Gasteiger partial charge in [0.1, 0.15) is 0 Å². The molecule has 0 radical (unpaired) electrons. The minimum atomic E-state index is 1.23. The minimum Gasteiger partial charge on any atom is -0.0990 e. The summed E-state index contributed by atoms with van der Waals surface area (Å²) in [5.41, 5.74) is 0. The molecule has 2 rings (SSSR count). The third-order valence-corrected chi connectivity index (χ3v) is 2.56. The van der Waals surface area contributed by atoms with Crippen molar-refractivity contribution in [2.24, 2.45) is 0 Å². The van der Waals surface area contributed by atoms with E-state index in [0.29, 0.717) is 0 Å². The Morgan fingerprint density at radius 1 is 0.842 bits per heavy atom. The Kier molecular flexibility index (Phi) is 9.16. The summed E-state index contributed by atoms with van der Waals surface area (Å²) in [6, 6.07) is 12.8. The maximum atomic E-state index is 3.74. The third kappa shape index (κ3) is 4.75. The van der Waals surface area contributed by atoms with Crippen molar-refractivity contribution >= 4 is 22.9 Å². The molecule has 0 spiro atoms. The zero-order valence-corrected chi connectivity index (χ0v) is 12.9. The Hall–Kier alpha value is -1.82. The molecule has 0 nitrogen and oxygen atoms in total. The molecule has 0 saturated carbocycles. The second kappa shape index (κ2) is 10.1. The summed E-state index contributed by atoms with van der Waals surface area (Å²) in [7, 11) is 0. The predicted molar refractivity (Wildman–Crippen MR) is 90.7 cm³/mol. The quantitative estimate of drug-likeness (QED) is 0.694. The summed E-state index contributed by atoms with van der Waals surface area (Å²) in [5.74, 6) is 0. The molecule has 0 saturated heterocycles. The van der Waals surface area contributed by atoms with Crippen LogP contribution in [0.2, 0.25) is 0 Å². The second-order valence-corrected chi connectivity index (χ2v) is 3.52. The van der Waals surface area contributed by atoms with Gasteiger partial charge in [0.2, 0.25) is 0 Å². The topological polar surface area (TPSA) is 0 Å². The Morgan fingerprint density at radius 2 is 1.32 bits per heavy atom. The molecule has 0 amide bonds. The van der Waals surface area contributed by atoms with E-state index in [1.54, 1.807) is 0 Å². The first-order valence-corrected chi connectivity index (χ1v) is 7.13. The van der Waals surface area contributed by atoms with Crippen LogP contribution in [0, 0.1) is 0 Å². The van der Waals surface area contributed by atoms with Gasteiger partial charge in [-0.05, 0) is 40.3 Å². The van der Waals surface area contributed by atoms with E-state index in [2.05, 4.69) is 56.0 Å². The molecule has 2 aromatic carbocycles. The largest absolute Gasteiger partial charge is 0.0990 e. The lowest BCUT2D eigenvalue weighted by molar-refractivity contribution is 1.50. The van der Waals surface area contributed by atoms with Crippen molar-refractivity contribution in [3.8, 4) is 0 Å².